The zero-order chi connectivity index (χ0) is 23.2. The first-order valence-corrected chi connectivity index (χ1v) is 13.4. The normalized spacial score (nSPS) is 15.2. The lowest BCUT2D eigenvalue weighted by Gasteiger charge is -2.26. The Balaban J connectivity index is 1.68. The standard InChI is InChI=1S/C22H27N3O5S2/c1-2-13-23-31(27,28)17-18-9-11-20(12-10-18)24-22(26)19-7-6-8-21(16-19)32(29,30)25-14-4-3-5-15-25/h2,6-12,16,23H,1,3-5,13-15,17H2,(H,24,26). The van der Waals surface area contributed by atoms with Gasteiger partial charge in [0.05, 0.1) is 10.6 Å². The molecule has 172 valence electrons. The van der Waals surface area contributed by atoms with Gasteiger partial charge in [-0.3, -0.25) is 4.79 Å². The first-order valence-electron chi connectivity index (χ1n) is 10.3. The maximum absolute atomic E-state index is 12.9. The van der Waals surface area contributed by atoms with Gasteiger partial charge in [-0.1, -0.05) is 30.7 Å². The van der Waals surface area contributed by atoms with E-state index in [1.165, 1.54) is 22.5 Å². The number of nitrogens with one attached hydrogen (secondary N) is 2. The highest BCUT2D eigenvalue weighted by Gasteiger charge is 2.26. The minimum Gasteiger partial charge on any atom is -0.322 e. The number of carbonyl (C=O) groups excluding carboxylic acids is 1. The van der Waals surface area contributed by atoms with Gasteiger partial charge in [0.2, 0.25) is 20.0 Å². The zero-order valence-corrected chi connectivity index (χ0v) is 19.3. The number of benzene rings is 2. The molecule has 8 nitrogen and oxygen atoms in total. The molecule has 0 aromatic heterocycles. The van der Waals surface area contributed by atoms with Crippen LogP contribution in [-0.2, 0) is 25.8 Å². The average Bonchev–Trinajstić information content (AvgIpc) is 2.79. The van der Waals surface area contributed by atoms with Crippen LogP contribution in [0.2, 0.25) is 0 Å². The Morgan fingerprint density at radius 3 is 2.34 bits per heavy atom. The lowest BCUT2D eigenvalue weighted by molar-refractivity contribution is 0.102. The van der Waals surface area contributed by atoms with Crippen LogP contribution in [0.1, 0.15) is 35.2 Å². The van der Waals surface area contributed by atoms with E-state index in [1.807, 2.05) is 0 Å². The van der Waals surface area contributed by atoms with E-state index in [9.17, 15) is 21.6 Å². The van der Waals surface area contributed by atoms with Gasteiger partial charge < -0.3 is 5.32 Å². The number of anilines is 1. The maximum Gasteiger partial charge on any atom is 0.255 e. The second-order valence-corrected chi connectivity index (χ2v) is 11.3. The van der Waals surface area contributed by atoms with Crippen molar-refractivity contribution in [1.29, 1.82) is 0 Å². The van der Waals surface area contributed by atoms with Crippen molar-refractivity contribution in [3.05, 3.63) is 72.3 Å². The Labute approximate surface area is 189 Å². The van der Waals surface area contributed by atoms with Crippen molar-refractivity contribution < 1.29 is 21.6 Å². The zero-order valence-electron chi connectivity index (χ0n) is 17.7. The number of hydrogen-bond donors (Lipinski definition) is 2. The van der Waals surface area contributed by atoms with Gasteiger partial charge in [0.25, 0.3) is 5.91 Å². The van der Waals surface area contributed by atoms with E-state index >= 15 is 0 Å². The molecule has 0 unspecified atom stereocenters. The number of nitrogens with zero attached hydrogens (tertiary/aromatic N) is 1. The molecule has 1 amide bonds. The Bertz CT molecular complexity index is 1170. The van der Waals surface area contributed by atoms with Crippen molar-refractivity contribution in [2.75, 3.05) is 25.0 Å². The predicted octanol–water partition coefficient (Wildman–Crippen LogP) is 2.72. The molecule has 0 atom stereocenters. The summed E-state index contributed by atoms with van der Waals surface area (Å²) in [5, 5.41) is 2.72. The van der Waals surface area contributed by atoms with E-state index < -0.39 is 26.0 Å². The van der Waals surface area contributed by atoms with Crippen molar-refractivity contribution in [1.82, 2.24) is 9.03 Å². The number of sulfonamides is 2. The minimum atomic E-state index is -3.64. The Hall–Kier alpha value is -2.53. The minimum absolute atomic E-state index is 0.0969. The molecule has 0 radical (unpaired) electrons. The third kappa shape index (κ3) is 6.26. The van der Waals surface area contributed by atoms with Crippen LogP contribution in [-0.4, -0.2) is 46.7 Å². The fourth-order valence-electron chi connectivity index (χ4n) is 3.40. The highest BCUT2D eigenvalue weighted by Crippen LogP contribution is 2.22. The average molecular weight is 478 g/mol. The van der Waals surface area contributed by atoms with Gasteiger partial charge >= 0.3 is 0 Å². The molecule has 32 heavy (non-hydrogen) atoms. The summed E-state index contributed by atoms with van der Waals surface area (Å²) in [6.07, 6.45) is 4.15. The number of amides is 1. The van der Waals surface area contributed by atoms with E-state index in [-0.39, 0.29) is 22.8 Å². The molecule has 1 aliphatic rings. The lowest BCUT2D eigenvalue weighted by Crippen LogP contribution is -2.35. The summed E-state index contributed by atoms with van der Waals surface area (Å²) in [6.45, 7) is 4.61. The summed E-state index contributed by atoms with van der Waals surface area (Å²) >= 11 is 0. The van der Waals surface area contributed by atoms with E-state index in [0.717, 1.165) is 19.3 Å². The molecule has 1 saturated heterocycles. The Morgan fingerprint density at radius 2 is 1.69 bits per heavy atom. The predicted molar refractivity (Wildman–Crippen MR) is 124 cm³/mol. The van der Waals surface area contributed by atoms with Crippen LogP contribution in [0.3, 0.4) is 0 Å². The maximum atomic E-state index is 12.9. The first-order chi connectivity index (χ1) is 15.2. The van der Waals surface area contributed by atoms with E-state index in [0.29, 0.717) is 24.3 Å². The molecule has 2 N–H and O–H groups in total. The van der Waals surface area contributed by atoms with Crippen LogP contribution in [0, 0.1) is 0 Å². The molecular weight excluding hydrogens is 450 g/mol. The number of rotatable bonds is 9. The highest BCUT2D eigenvalue weighted by atomic mass is 32.2. The third-order valence-electron chi connectivity index (χ3n) is 5.07. The van der Waals surface area contributed by atoms with E-state index in [2.05, 4.69) is 16.6 Å². The number of hydrogen-bond acceptors (Lipinski definition) is 5. The van der Waals surface area contributed by atoms with Crippen molar-refractivity contribution in [3.63, 3.8) is 0 Å². The van der Waals surface area contributed by atoms with Gasteiger partial charge in [-0.15, -0.1) is 6.58 Å². The smallest absolute Gasteiger partial charge is 0.255 e. The highest BCUT2D eigenvalue weighted by molar-refractivity contribution is 7.89. The molecule has 3 rings (SSSR count). The summed E-state index contributed by atoms with van der Waals surface area (Å²) in [5.74, 6) is -0.639. The Morgan fingerprint density at radius 1 is 1.00 bits per heavy atom. The van der Waals surface area contributed by atoms with Gasteiger partial charge in [-0.2, -0.15) is 4.31 Å². The van der Waals surface area contributed by atoms with Gasteiger partial charge in [0.1, 0.15) is 0 Å². The molecule has 0 aliphatic carbocycles. The van der Waals surface area contributed by atoms with Crippen LogP contribution in [0.25, 0.3) is 0 Å². The quantitative estimate of drug-likeness (QED) is 0.539. The fraction of sp³-hybridized carbons (Fsp3) is 0.318. The van der Waals surface area contributed by atoms with E-state index in [4.69, 9.17) is 0 Å². The third-order valence-corrected chi connectivity index (χ3v) is 8.28. The van der Waals surface area contributed by atoms with Crippen molar-refractivity contribution in [2.24, 2.45) is 0 Å². The molecule has 0 saturated carbocycles. The molecule has 2 aromatic carbocycles. The molecule has 1 aliphatic heterocycles. The van der Waals surface area contributed by atoms with Gasteiger partial charge in [0.15, 0.2) is 0 Å². The fourth-order valence-corrected chi connectivity index (χ4v) is 6.06. The topological polar surface area (TPSA) is 113 Å². The summed E-state index contributed by atoms with van der Waals surface area (Å²) in [4.78, 5) is 12.8. The van der Waals surface area contributed by atoms with Crippen LogP contribution < -0.4 is 10.0 Å². The molecule has 0 bridgehead atoms. The number of piperidine rings is 1. The van der Waals surface area contributed by atoms with Gasteiger partial charge in [-0.05, 0) is 48.7 Å². The monoisotopic (exact) mass is 477 g/mol. The first kappa shape index (κ1) is 24.1. The molecule has 2 aromatic rings. The van der Waals surface area contributed by atoms with Crippen LogP contribution in [0.5, 0.6) is 0 Å². The van der Waals surface area contributed by atoms with Crippen LogP contribution in [0.15, 0.2) is 66.1 Å². The molecule has 0 spiro atoms. The van der Waals surface area contributed by atoms with Crippen molar-refractivity contribution in [3.8, 4) is 0 Å². The largest absolute Gasteiger partial charge is 0.322 e. The van der Waals surface area contributed by atoms with E-state index in [1.54, 1.807) is 36.4 Å². The van der Waals surface area contributed by atoms with Gasteiger partial charge in [-0.25, -0.2) is 21.6 Å². The van der Waals surface area contributed by atoms with Crippen LogP contribution in [0.4, 0.5) is 5.69 Å². The van der Waals surface area contributed by atoms with Crippen molar-refractivity contribution in [2.45, 2.75) is 29.9 Å². The van der Waals surface area contributed by atoms with Crippen LogP contribution >= 0.6 is 0 Å². The second kappa shape index (κ2) is 10.4. The second-order valence-electron chi connectivity index (χ2n) is 7.54. The Kier molecular flexibility index (Phi) is 7.83. The molecule has 10 heteroatoms. The summed E-state index contributed by atoms with van der Waals surface area (Å²) in [5.41, 5.74) is 1.26. The van der Waals surface area contributed by atoms with Gasteiger partial charge in [0, 0.05) is 30.9 Å². The summed E-state index contributed by atoms with van der Waals surface area (Å²) < 4.78 is 53.5. The molecule has 1 fully saturated rings. The summed E-state index contributed by atoms with van der Waals surface area (Å²) in [6, 6.07) is 12.4. The SMILES string of the molecule is C=CCNS(=O)(=O)Cc1ccc(NC(=O)c2cccc(S(=O)(=O)N3CCCCC3)c2)cc1. The summed E-state index contributed by atoms with van der Waals surface area (Å²) in [7, 11) is -7.11. The van der Waals surface area contributed by atoms with Crippen molar-refractivity contribution >= 4 is 31.6 Å². The molecule has 1 heterocycles. The lowest BCUT2D eigenvalue weighted by atomic mass is 10.2. The molecular formula is C22H27N3O5S2. The number of carbonyl (C=O) groups is 1.